The fourth-order valence-corrected chi connectivity index (χ4v) is 2.76. The van der Waals surface area contributed by atoms with Crippen LogP contribution in [-0.2, 0) is 11.2 Å². The molecule has 0 radical (unpaired) electrons. The molecule has 5 nitrogen and oxygen atoms in total. The molecule has 0 aromatic heterocycles. The van der Waals surface area contributed by atoms with E-state index >= 15 is 0 Å². The lowest BCUT2D eigenvalue weighted by Crippen LogP contribution is -2.42. The molecule has 0 unspecified atom stereocenters. The van der Waals surface area contributed by atoms with Gasteiger partial charge in [0.05, 0.1) is 0 Å². The number of halogens is 1. The lowest BCUT2D eigenvalue weighted by molar-refractivity contribution is -0.116. The molecule has 1 saturated heterocycles. The van der Waals surface area contributed by atoms with Gasteiger partial charge in [0.25, 0.3) is 5.91 Å². The number of aryl methyl sites for hydroxylation is 1. The highest BCUT2D eigenvalue weighted by molar-refractivity contribution is 5.98. The molecule has 3 N–H and O–H groups in total. The predicted octanol–water partition coefficient (Wildman–Crippen LogP) is 1.47. The van der Waals surface area contributed by atoms with Crippen LogP contribution in [0.3, 0.4) is 0 Å². The van der Waals surface area contributed by atoms with Crippen LogP contribution in [0.4, 0.5) is 5.69 Å². The Labute approximate surface area is 130 Å². The summed E-state index contributed by atoms with van der Waals surface area (Å²) in [6, 6.07) is 5.76. The molecule has 0 bridgehead atoms. The third-order valence-electron chi connectivity index (χ3n) is 3.94. The summed E-state index contributed by atoms with van der Waals surface area (Å²) >= 11 is 0. The van der Waals surface area contributed by atoms with Crippen LogP contribution in [0.25, 0.3) is 0 Å². The predicted molar refractivity (Wildman–Crippen MR) is 84.0 cm³/mol. The summed E-state index contributed by atoms with van der Waals surface area (Å²) < 4.78 is 0. The van der Waals surface area contributed by atoms with Crippen LogP contribution >= 0.6 is 12.4 Å². The molecule has 6 heteroatoms. The molecule has 2 heterocycles. The van der Waals surface area contributed by atoms with Gasteiger partial charge in [-0.2, -0.15) is 0 Å². The van der Waals surface area contributed by atoms with Gasteiger partial charge >= 0.3 is 0 Å². The zero-order valence-corrected chi connectivity index (χ0v) is 12.6. The number of benzene rings is 1. The van der Waals surface area contributed by atoms with Crippen molar-refractivity contribution >= 4 is 29.9 Å². The van der Waals surface area contributed by atoms with Gasteiger partial charge in [-0.3, -0.25) is 9.59 Å². The van der Waals surface area contributed by atoms with Crippen molar-refractivity contribution in [3.05, 3.63) is 29.3 Å². The summed E-state index contributed by atoms with van der Waals surface area (Å²) in [5.41, 5.74) is 2.56. The van der Waals surface area contributed by atoms with Gasteiger partial charge in [-0.05, 0) is 56.1 Å². The fraction of sp³-hybridized carbons (Fsp3) is 0.467. The number of hydrogen-bond donors (Lipinski definition) is 3. The Bertz CT molecular complexity index is 542. The van der Waals surface area contributed by atoms with Crippen molar-refractivity contribution in [2.45, 2.75) is 31.7 Å². The minimum absolute atomic E-state index is 0. The molecular formula is C15H20ClN3O2. The maximum atomic E-state index is 12.2. The number of carbonyl (C=O) groups is 2. The van der Waals surface area contributed by atoms with E-state index in [4.69, 9.17) is 0 Å². The smallest absolute Gasteiger partial charge is 0.251 e. The first-order valence-corrected chi connectivity index (χ1v) is 7.17. The molecule has 3 rings (SSSR count). The van der Waals surface area contributed by atoms with Crippen molar-refractivity contribution < 1.29 is 9.59 Å². The van der Waals surface area contributed by atoms with Crippen molar-refractivity contribution in [2.24, 2.45) is 0 Å². The second kappa shape index (κ2) is 6.91. The first kappa shape index (κ1) is 15.8. The van der Waals surface area contributed by atoms with Crippen LogP contribution < -0.4 is 16.0 Å². The second-order valence-corrected chi connectivity index (χ2v) is 5.42. The van der Waals surface area contributed by atoms with Crippen molar-refractivity contribution in [3.8, 4) is 0 Å². The van der Waals surface area contributed by atoms with Gasteiger partial charge < -0.3 is 16.0 Å². The third kappa shape index (κ3) is 3.74. The summed E-state index contributed by atoms with van der Waals surface area (Å²) in [6.45, 7) is 1.92. The topological polar surface area (TPSA) is 70.2 Å². The molecule has 21 heavy (non-hydrogen) atoms. The highest BCUT2D eigenvalue weighted by Crippen LogP contribution is 2.23. The molecule has 0 saturated carbocycles. The maximum absolute atomic E-state index is 12.2. The fourth-order valence-electron chi connectivity index (χ4n) is 2.76. The molecule has 1 aromatic carbocycles. The van der Waals surface area contributed by atoms with E-state index in [1.807, 2.05) is 12.1 Å². The van der Waals surface area contributed by atoms with E-state index in [9.17, 15) is 9.59 Å². The number of piperidine rings is 1. The van der Waals surface area contributed by atoms with Crippen LogP contribution in [-0.4, -0.2) is 30.9 Å². The largest absolute Gasteiger partial charge is 0.349 e. The molecule has 1 fully saturated rings. The molecule has 0 atom stereocenters. The number of amides is 2. The summed E-state index contributed by atoms with van der Waals surface area (Å²) in [5.74, 6) is 0.0287. The number of nitrogens with one attached hydrogen (secondary N) is 3. The average Bonchev–Trinajstić information content (AvgIpc) is 2.47. The average molecular weight is 310 g/mol. The van der Waals surface area contributed by atoms with Crippen LogP contribution in [0.5, 0.6) is 0 Å². The normalized spacial score (nSPS) is 18.2. The van der Waals surface area contributed by atoms with Crippen LogP contribution in [0.2, 0.25) is 0 Å². The SMILES string of the molecule is Cl.O=C1CCc2cc(C(=O)NC3CCNCC3)ccc2N1. The summed E-state index contributed by atoms with van der Waals surface area (Å²) in [6.07, 6.45) is 3.15. The molecule has 114 valence electrons. The van der Waals surface area contributed by atoms with Crippen molar-refractivity contribution in [1.82, 2.24) is 10.6 Å². The molecule has 0 spiro atoms. The standard InChI is InChI=1S/C15H19N3O2.ClH/c19-14-4-2-10-9-11(1-3-13(10)18-14)15(20)17-12-5-7-16-8-6-12;/h1,3,9,12,16H,2,4-8H2,(H,17,20)(H,18,19);1H. The molecule has 2 aliphatic rings. The van der Waals surface area contributed by atoms with E-state index in [0.717, 1.165) is 37.2 Å². The molecule has 2 amide bonds. The summed E-state index contributed by atoms with van der Waals surface area (Å²) in [4.78, 5) is 23.6. The van der Waals surface area contributed by atoms with Crippen LogP contribution in [0.1, 0.15) is 35.2 Å². The van der Waals surface area contributed by atoms with Crippen LogP contribution in [0.15, 0.2) is 18.2 Å². The minimum Gasteiger partial charge on any atom is -0.349 e. The lowest BCUT2D eigenvalue weighted by atomic mass is 9.99. The van der Waals surface area contributed by atoms with Crippen molar-refractivity contribution in [2.75, 3.05) is 18.4 Å². The molecular weight excluding hydrogens is 290 g/mol. The number of anilines is 1. The van der Waals surface area contributed by atoms with E-state index in [-0.39, 0.29) is 30.3 Å². The first-order chi connectivity index (χ1) is 9.72. The number of hydrogen-bond acceptors (Lipinski definition) is 3. The first-order valence-electron chi connectivity index (χ1n) is 7.17. The summed E-state index contributed by atoms with van der Waals surface area (Å²) in [5, 5.41) is 9.19. The molecule has 0 aliphatic carbocycles. The zero-order chi connectivity index (χ0) is 13.9. The van der Waals surface area contributed by atoms with Crippen molar-refractivity contribution in [3.63, 3.8) is 0 Å². The molecule has 2 aliphatic heterocycles. The van der Waals surface area contributed by atoms with Crippen LogP contribution in [0, 0.1) is 0 Å². The zero-order valence-electron chi connectivity index (χ0n) is 11.8. The summed E-state index contributed by atoms with van der Waals surface area (Å²) in [7, 11) is 0. The number of fused-ring (bicyclic) bond motifs is 1. The monoisotopic (exact) mass is 309 g/mol. The minimum atomic E-state index is -0.0170. The Morgan fingerprint density at radius 3 is 2.71 bits per heavy atom. The second-order valence-electron chi connectivity index (χ2n) is 5.42. The van der Waals surface area contributed by atoms with Gasteiger partial charge in [-0.25, -0.2) is 0 Å². The van der Waals surface area contributed by atoms with E-state index in [1.165, 1.54) is 0 Å². The Balaban J connectivity index is 0.00000161. The highest BCUT2D eigenvalue weighted by Gasteiger charge is 2.19. The maximum Gasteiger partial charge on any atom is 0.251 e. The third-order valence-corrected chi connectivity index (χ3v) is 3.94. The van der Waals surface area contributed by atoms with E-state index in [2.05, 4.69) is 16.0 Å². The van der Waals surface area contributed by atoms with E-state index in [1.54, 1.807) is 6.07 Å². The van der Waals surface area contributed by atoms with E-state index in [0.29, 0.717) is 18.4 Å². The Kier molecular flexibility index (Phi) is 5.20. The Morgan fingerprint density at radius 2 is 1.95 bits per heavy atom. The van der Waals surface area contributed by atoms with Gasteiger partial charge in [-0.15, -0.1) is 12.4 Å². The Hall–Kier alpha value is -1.59. The molecule has 1 aromatic rings. The van der Waals surface area contributed by atoms with Gasteiger partial charge in [-0.1, -0.05) is 0 Å². The van der Waals surface area contributed by atoms with Gasteiger partial charge in [0.15, 0.2) is 0 Å². The quantitative estimate of drug-likeness (QED) is 0.775. The van der Waals surface area contributed by atoms with E-state index < -0.39 is 0 Å². The number of carbonyl (C=O) groups excluding carboxylic acids is 2. The van der Waals surface area contributed by atoms with Crippen molar-refractivity contribution in [1.29, 1.82) is 0 Å². The van der Waals surface area contributed by atoms with Gasteiger partial charge in [0, 0.05) is 23.7 Å². The lowest BCUT2D eigenvalue weighted by Gasteiger charge is -2.24. The van der Waals surface area contributed by atoms with Gasteiger partial charge in [0.1, 0.15) is 0 Å². The Morgan fingerprint density at radius 1 is 1.19 bits per heavy atom. The van der Waals surface area contributed by atoms with Gasteiger partial charge in [0.2, 0.25) is 5.91 Å². The highest BCUT2D eigenvalue weighted by atomic mass is 35.5. The number of rotatable bonds is 2.